The van der Waals surface area contributed by atoms with Crippen molar-refractivity contribution in [2.75, 3.05) is 39.3 Å². The molecule has 2 saturated heterocycles. The number of hydrogen-bond acceptors (Lipinski definition) is 3. The van der Waals surface area contributed by atoms with Crippen molar-refractivity contribution in [3.05, 3.63) is 0 Å². The van der Waals surface area contributed by atoms with Crippen LogP contribution >= 0.6 is 0 Å². The van der Waals surface area contributed by atoms with Crippen LogP contribution in [0.2, 0.25) is 0 Å². The second-order valence-electron chi connectivity index (χ2n) is 6.66. The van der Waals surface area contributed by atoms with Crippen LogP contribution in [-0.4, -0.2) is 65.7 Å². The first-order valence-corrected chi connectivity index (χ1v) is 7.76. The van der Waals surface area contributed by atoms with Gasteiger partial charge in [0.05, 0.1) is 5.66 Å². The van der Waals surface area contributed by atoms with Crippen LogP contribution in [0, 0.1) is 0 Å². The number of piperazine rings is 1. The summed E-state index contributed by atoms with van der Waals surface area (Å²) in [7, 11) is 0. The summed E-state index contributed by atoms with van der Waals surface area (Å²) in [4.78, 5) is 7.99. The third-order valence-corrected chi connectivity index (χ3v) is 4.95. The predicted molar refractivity (Wildman–Crippen MR) is 77.8 cm³/mol. The van der Waals surface area contributed by atoms with Gasteiger partial charge in [0.15, 0.2) is 0 Å². The molecule has 2 heterocycles. The first-order chi connectivity index (χ1) is 8.51. The predicted octanol–water partition coefficient (Wildman–Crippen LogP) is 2.23. The van der Waals surface area contributed by atoms with Gasteiger partial charge in [-0.3, -0.25) is 14.7 Å². The Morgan fingerprint density at radius 3 is 1.72 bits per heavy atom. The molecule has 0 atom stereocenters. The summed E-state index contributed by atoms with van der Waals surface area (Å²) in [5.41, 5.74) is 0.253. The van der Waals surface area contributed by atoms with Crippen LogP contribution in [0.3, 0.4) is 0 Å². The second-order valence-corrected chi connectivity index (χ2v) is 6.66. The standard InChI is InChI=1S/C15H31N3/c1-14(2)16-10-12-18(13-11-16)15(3,4)17-8-6-5-7-9-17/h14H,5-13H2,1-4H3. The van der Waals surface area contributed by atoms with Gasteiger partial charge < -0.3 is 0 Å². The van der Waals surface area contributed by atoms with Crippen LogP contribution in [0.1, 0.15) is 47.0 Å². The maximum absolute atomic E-state index is 2.70. The van der Waals surface area contributed by atoms with E-state index in [4.69, 9.17) is 0 Å². The van der Waals surface area contributed by atoms with Crippen molar-refractivity contribution in [1.29, 1.82) is 0 Å². The van der Waals surface area contributed by atoms with E-state index in [2.05, 4.69) is 42.4 Å². The molecule has 0 aliphatic carbocycles. The zero-order valence-corrected chi connectivity index (χ0v) is 12.8. The number of rotatable bonds is 3. The number of nitrogens with zero attached hydrogens (tertiary/aromatic N) is 3. The molecule has 3 heteroatoms. The average molecular weight is 253 g/mol. The van der Waals surface area contributed by atoms with E-state index in [9.17, 15) is 0 Å². The quantitative estimate of drug-likeness (QED) is 0.764. The lowest BCUT2D eigenvalue weighted by Gasteiger charge is -2.51. The summed E-state index contributed by atoms with van der Waals surface area (Å²) >= 11 is 0. The molecule has 0 amide bonds. The molecule has 2 rings (SSSR count). The summed E-state index contributed by atoms with van der Waals surface area (Å²) in [5.74, 6) is 0. The van der Waals surface area contributed by atoms with Crippen molar-refractivity contribution in [3.63, 3.8) is 0 Å². The largest absolute Gasteiger partial charge is 0.298 e. The van der Waals surface area contributed by atoms with Crippen LogP contribution in [-0.2, 0) is 0 Å². The molecule has 2 fully saturated rings. The van der Waals surface area contributed by atoms with E-state index in [1.54, 1.807) is 0 Å². The molecule has 2 aliphatic heterocycles. The molecule has 0 saturated carbocycles. The molecule has 2 aliphatic rings. The summed E-state index contributed by atoms with van der Waals surface area (Å²) in [6, 6.07) is 0.699. The Kier molecular flexibility index (Phi) is 4.68. The monoisotopic (exact) mass is 253 g/mol. The van der Waals surface area contributed by atoms with E-state index in [1.807, 2.05) is 0 Å². The number of hydrogen-bond donors (Lipinski definition) is 0. The molecule has 0 aromatic rings. The number of piperidine rings is 1. The average Bonchev–Trinajstić information content (AvgIpc) is 2.40. The Hall–Kier alpha value is -0.120. The minimum atomic E-state index is 0.253. The molecule has 18 heavy (non-hydrogen) atoms. The van der Waals surface area contributed by atoms with Gasteiger partial charge in [0.25, 0.3) is 0 Å². The maximum Gasteiger partial charge on any atom is 0.0680 e. The molecule has 0 unspecified atom stereocenters. The normalized spacial score (nSPS) is 25.8. The summed E-state index contributed by atoms with van der Waals surface area (Å²) < 4.78 is 0. The lowest BCUT2D eigenvalue weighted by Crippen LogP contribution is -2.63. The fourth-order valence-electron chi connectivity index (χ4n) is 3.43. The fraction of sp³-hybridized carbons (Fsp3) is 1.00. The number of likely N-dealkylation sites (tertiary alicyclic amines) is 1. The van der Waals surface area contributed by atoms with Crippen molar-refractivity contribution in [2.24, 2.45) is 0 Å². The SMILES string of the molecule is CC(C)N1CCN(C(C)(C)N2CCCCC2)CC1. The van der Waals surface area contributed by atoms with E-state index in [0.717, 1.165) is 0 Å². The van der Waals surface area contributed by atoms with Crippen LogP contribution in [0.5, 0.6) is 0 Å². The lowest BCUT2D eigenvalue weighted by atomic mass is 10.0. The molecule has 106 valence electrons. The van der Waals surface area contributed by atoms with Gasteiger partial charge in [-0.2, -0.15) is 0 Å². The Labute approximate surface area is 113 Å². The molecule has 0 aromatic carbocycles. The van der Waals surface area contributed by atoms with Gasteiger partial charge in [-0.1, -0.05) is 6.42 Å². The molecule has 0 spiro atoms. The lowest BCUT2D eigenvalue weighted by molar-refractivity contribution is -0.0664. The van der Waals surface area contributed by atoms with Crippen molar-refractivity contribution < 1.29 is 0 Å². The minimum Gasteiger partial charge on any atom is -0.298 e. The molecular formula is C15H31N3. The van der Waals surface area contributed by atoms with E-state index in [0.29, 0.717) is 6.04 Å². The van der Waals surface area contributed by atoms with Crippen molar-refractivity contribution >= 4 is 0 Å². The Morgan fingerprint density at radius 2 is 1.22 bits per heavy atom. The van der Waals surface area contributed by atoms with Crippen molar-refractivity contribution in [1.82, 2.24) is 14.7 Å². The van der Waals surface area contributed by atoms with Gasteiger partial charge in [0.1, 0.15) is 0 Å². The zero-order valence-electron chi connectivity index (χ0n) is 12.8. The van der Waals surface area contributed by atoms with Gasteiger partial charge in [0, 0.05) is 32.2 Å². The van der Waals surface area contributed by atoms with Crippen molar-refractivity contribution in [3.8, 4) is 0 Å². The summed E-state index contributed by atoms with van der Waals surface area (Å²) in [5, 5.41) is 0. The Balaban J connectivity index is 1.90. The summed E-state index contributed by atoms with van der Waals surface area (Å²) in [6.45, 7) is 17.0. The maximum atomic E-state index is 2.70. The fourth-order valence-corrected chi connectivity index (χ4v) is 3.43. The Morgan fingerprint density at radius 1 is 0.722 bits per heavy atom. The topological polar surface area (TPSA) is 9.72 Å². The highest BCUT2D eigenvalue weighted by atomic mass is 15.4. The molecule has 0 aromatic heterocycles. The zero-order chi connectivity index (χ0) is 13.2. The Bertz CT molecular complexity index is 248. The molecule has 0 bridgehead atoms. The third-order valence-electron chi connectivity index (χ3n) is 4.95. The molecule has 0 radical (unpaired) electrons. The van der Waals surface area contributed by atoms with Gasteiger partial charge in [-0.15, -0.1) is 0 Å². The third kappa shape index (κ3) is 3.06. The first kappa shape index (κ1) is 14.3. The van der Waals surface area contributed by atoms with Crippen LogP contribution in [0.25, 0.3) is 0 Å². The van der Waals surface area contributed by atoms with Gasteiger partial charge >= 0.3 is 0 Å². The molecule has 0 N–H and O–H groups in total. The minimum absolute atomic E-state index is 0.253. The van der Waals surface area contributed by atoms with E-state index >= 15 is 0 Å². The van der Waals surface area contributed by atoms with E-state index in [1.165, 1.54) is 58.5 Å². The highest BCUT2D eigenvalue weighted by Crippen LogP contribution is 2.25. The van der Waals surface area contributed by atoms with Crippen LogP contribution < -0.4 is 0 Å². The van der Waals surface area contributed by atoms with Gasteiger partial charge in [0.2, 0.25) is 0 Å². The van der Waals surface area contributed by atoms with Gasteiger partial charge in [-0.05, 0) is 53.6 Å². The highest BCUT2D eigenvalue weighted by Gasteiger charge is 2.35. The van der Waals surface area contributed by atoms with E-state index in [-0.39, 0.29) is 5.66 Å². The van der Waals surface area contributed by atoms with Crippen LogP contribution in [0.15, 0.2) is 0 Å². The smallest absolute Gasteiger partial charge is 0.0680 e. The summed E-state index contributed by atoms with van der Waals surface area (Å²) in [6.07, 6.45) is 4.19. The van der Waals surface area contributed by atoms with Crippen molar-refractivity contribution in [2.45, 2.75) is 58.7 Å². The highest BCUT2D eigenvalue weighted by molar-refractivity contribution is 4.88. The molecular weight excluding hydrogens is 222 g/mol. The molecule has 3 nitrogen and oxygen atoms in total. The second kappa shape index (κ2) is 5.89. The van der Waals surface area contributed by atoms with Gasteiger partial charge in [-0.25, -0.2) is 0 Å². The van der Waals surface area contributed by atoms with E-state index < -0.39 is 0 Å². The van der Waals surface area contributed by atoms with Crippen LogP contribution in [0.4, 0.5) is 0 Å². The first-order valence-electron chi connectivity index (χ1n) is 7.76.